The van der Waals surface area contributed by atoms with E-state index in [2.05, 4.69) is 13.8 Å². The van der Waals surface area contributed by atoms with Crippen molar-refractivity contribution in [1.29, 1.82) is 0 Å². The number of benzene rings is 1. The molecule has 0 saturated heterocycles. The molecular weight excluding hydrogens is 280 g/mol. The van der Waals surface area contributed by atoms with Crippen molar-refractivity contribution in [3.05, 3.63) is 23.8 Å². The first-order valence-electron chi connectivity index (χ1n) is 7.77. The first kappa shape index (κ1) is 16.8. The Hall–Kier alpha value is -1.59. The van der Waals surface area contributed by atoms with Crippen LogP contribution >= 0.6 is 0 Å². The number of carbonyl (C=O) groups excluding carboxylic acids is 1. The average molecular weight is 306 g/mol. The van der Waals surface area contributed by atoms with Crippen LogP contribution in [-0.4, -0.2) is 29.8 Å². The second-order valence-corrected chi connectivity index (χ2v) is 6.76. The molecule has 1 aromatic rings. The minimum Gasteiger partial charge on any atom is -0.476 e. The van der Waals surface area contributed by atoms with E-state index in [1.54, 1.807) is 18.7 Å². The van der Waals surface area contributed by atoms with Gasteiger partial charge in [-0.3, -0.25) is 4.79 Å². The third-order valence-corrected chi connectivity index (χ3v) is 3.88. The molecule has 1 amide bonds. The molecule has 0 radical (unpaired) electrons. The lowest BCUT2D eigenvalue weighted by Gasteiger charge is -2.39. The number of anilines is 1. The summed E-state index contributed by atoms with van der Waals surface area (Å²) < 4.78 is 5.81. The Morgan fingerprint density at radius 3 is 2.64 bits per heavy atom. The Bertz CT molecular complexity index is 555. The number of nitrogens with zero attached hydrogens (tertiary/aromatic N) is 1. The van der Waals surface area contributed by atoms with Crippen molar-refractivity contribution in [1.82, 2.24) is 0 Å². The summed E-state index contributed by atoms with van der Waals surface area (Å²) >= 11 is 0. The lowest BCUT2D eigenvalue weighted by Crippen LogP contribution is -2.53. The summed E-state index contributed by atoms with van der Waals surface area (Å²) in [6.45, 7) is 7.89. The zero-order valence-corrected chi connectivity index (χ0v) is 13.8. The van der Waals surface area contributed by atoms with Gasteiger partial charge < -0.3 is 20.5 Å². The van der Waals surface area contributed by atoms with Gasteiger partial charge in [-0.05, 0) is 43.9 Å². The Morgan fingerprint density at radius 2 is 2.05 bits per heavy atom. The van der Waals surface area contributed by atoms with Gasteiger partial charge in [-0.15, -0.1) is 0 Å². The normalized spacial score (nSPS) is 18.1. The second-order valence-electron chi connectivity index (χ2n) is 6.76. The lowest BCUT2D eigenvalue weighted by atomic mass is 9.96. The van der Waals surface area contributed by atoms with Crippen molar-refractivity contribution < 1.29 is 14.6 Å². The number of aliphatic hydroxyl groups is 1. The number of ether oxygens (including phenoxy) is 1. The van der Waals surface area contributed by atoms with Gasteiger partial charge in [0.05, 0.1) is 12.3 Å². The van der Waals surface area contributed by atoms with Crippen molar-refractivity contribution >= 4 is 11.6 Å². The first-order chi connectivity index (χ1) is 10.3. The van der Waals surface area contributed by atoms with E-state index in [1.807, 2.05) is 18.2 Å². The van der Waals surface area contributed by atoms with E-state index < -0.39 is 5.60 Å². The molecule has 5 heteroatoms. The predicted octanol–water partition coefficient (Wildman–Crippen LogP) is 2.23. The number of rotatable bonds is 5. The largest absolute Gasteiger partial charge is 0.476 e. The van der Waals surface area contributed by atoms with Gasteiger partial charge in [0.1, 0.15) is 5.75 Å². The van der Waals surface area contributed by atoms with E-state index in [-0.39, 0.29) is 25.1 Å². The first-order valence-corrected chi connectivity index (χ1v) is 7.77. The molecule has 0 saturated carbocycles. The molecule has 5 nitrogen and oxygen atoms in total. The van der Waals surface area contributed by atoms with Crippen LogP contribution in [0.4, 0.5) is 5.69 Å². The summed E-state index contributed by atoms with van der Waals surface area (Å²) in [5, 5.41) is 9.27. The van der Waals surface area contributed by atoms with Gasteiger partial charge in [0.25, 0.3) is 5.91 Å². The number of aliphatic hydroxyl groups excluding tert-OH is 1. The molecule has 1 aliphatic heterocycles. The summed E-state index contributed by atoms with van der Waals surface area (Å²) in [6.07, 6.45) is 0.874. The zero-order chi connectivity index (χ0) is 16.5. The zero-order valence-electron chi connectivity index (χ0n) is 13.8. The van der Waals surface area contributed by atoms with Gasteiger partial charge >= 0.3 is 0 Å². The second kappa shape index (κ2) is 6.26. The fourth-order valence-corrected chi connectivity index (χ4v) is 2.78. The topological polar surface area (TPSA) is 75.8 Å². The van der Waals surface area contributed by atoms with Gasteiger partial charge in [0, 0.05) is 12.6 Å². The van der Waals surface area contributed by atoms with E-state index >= 15 is 0 Å². The van der Waals surface area contributed by atoms with Crippen LogP contribution in [0.1, 0.15) is 45.7 Å². The summed E-state index contributed by atoms with van der Waals surface area (Å²) in [7, 11) is 0. The number of nitrogens with two attached hydrogens (primary N) is 1. The highest BCUT2D eigenvalue weighted by Gasteiger charge is 2.40. The fraction of sp³-hybridized carbons (Fsp3) is 0.588. The molecule has 0 spiro atoms. The average Bonchev–Trinajstić information content (AvgIpc) is 2.42. The van der Waals surface area contributed by atoms with Crippen LogP contribution in [0.3, 0.4) is 0 Å². The maximum atomic E-state index is 12.5. The summed E-state index contributed by atoms with van der Waals surface area (Å²) in [5.74, 6) is 0.999. The molecular formula is C17H26N2O3. The molecule has 2 rings (SSSR count). The van der Waals surface area contributed by atoms with Crippen LogP contribution in [0.5, 0.6) is 5.75 Å². The number of amides is 1. The maximum absolute atomic E-state index is 12.5. The van der Waals surface area contributed by atoms with Crippen LogP contribution in [0, 0.1) is 5.92 Å². The van der Waals surface area contributed by atoms with Crippen molar-refractivity contribution in [2.24, 2.45) is 11.7 Å². The van der Waals surface area contributed by atoms with Crippen molar-refractivity contribution in [2.75, 3.05) is 18.1 Å². The van der Waals surface area contributed by atoms with Crippen LogP contribution in [-0.2, 0) is 4.79 Å². The van der Waals surface area contributed by atoms with Gasteiger partial charge in [0.2, 0.25) is 0 Å². The molecule has 1 unspecified atom stereocenters. The highest BCUT2D eigenvalue weighted by atomic mass is 16.5. The molecule has 0 bridgehead atoms. The molecule has 1 aliphatic rings. The standard InChI is InChI=1S/C17H26N2O3/c1-11(2)9-13(18)12-5-6-15-14(10-12)19(7-8-20)16(21)17(3,4)22-15/h5-6,10-11,13,20H,7-9,18H2,1-4H3. The number of fused-ring (bicyclic) bond motifs is 1. The molecule has 22 heavy (non-hydrogen) atoms. The molecule has 0 aliphatic carbocycles. The lowest BCUT2D eigenvalue weighted by molar-refractivity contribution is -0.132. The number of β-amino-alcohol motifs (C(OH)–C–C–N with tert-alkyl or cyclic N) is 1. The summed E-state index contributed by atoms with van der Waals surface area (Å²) in [4.78, 5) is 14.1. The van der Waals surface area contributed by atoms with E-state index in [0.29, 0.717) is 17.4 Å². The molecule has 0 aromatic heterocycles. The molecule has 0 fully saturated rings. The smallest absolute Gasteiger partial charge is 0.270 e. The molecule has 3 N–H and O–H groups in total. The highest BCUT2D eigenvalue weighted by Crippen LogP contribution is 2.39. The number of carbonyl (C=O) groups is 1. The Kier molecular flexibility index (Phi) is 4.78. The molecule has 1 aromatic carbocycles. The van der Waals surface area contributed by atoms with Crippen molar-refractivity contribution in [3.8, 4) is 5.75 Å². The maximum Gasteiger partial charge on any atom is 0.270 e. The third-order valence-electron chi connectivity index (χ3n) is 3.88. The number of hydrogen-bond donors (Lipinski definition) is 2. The quantitative estimate of drug-likeness (QED) is 0.874. The Balaban J connectivity index is 2.40. The number of hydrogen-bond acceptors (Lipinski definition) is 4. The molecule has 122 valence electrons. The summed E-state index contributed by atoms with van der Waals surface area (Å²) in [6, 6.07) is 5.65. The summed E-state index contributed by atoms with van der Waals surface area (Å²) in [5.41, 5.74) is 6.98. The molecule has 1 atom stereocenters. The highest BCUT2D eigenvalue weighted by molar-refractivity contribution is 6.02. The van der Waals surface area contributed by atoms with Gasteiger partial charge in [-0.25, -0.2) is 0 Å². The van der Waals surface area contributed by atoms with Crippen molar-refractivity contribution in [3.63, 3.8) is 0 Å². The minimum atomic E-state index is -0.927. The van der Waals surface area contributed by atoms with E-state index in [4.69, 9.17) is 10.5 Å². The minimum absolute atomic E-state index is 0.0775. The SMILES string of the molecule is CC(C)CC(N)c1ccc2c(c1)N(CCO)C(=O)C(C)(C)O2. The monoisotopic (exact) mass is 306 g/mol. The van der Waals surface area contributed by atoms with Crippen LogP contribution in [0.2, 0.25) is 0 Å². The van der Waals surface area contributed by atoms with Crippen molar-refractivity contribution in [2.45, 2.75) is 45.8 Å². The van der Waals surface area contributed by atoms with E-state index in [9.17, 15) is 9.90 Å². The van der Waals surface area contributed by atoms with Gasteiger partial charge in [0.15, 0.2) is 5.60 Å². The van der Waals surface area contributed by atoms with E-state index in [0.717, 1.165) is 12.0 Å². The van der Waals surface area contributed by atoms with Crippen LogP contribution in [0.15, 0.2) is 18.2 Å². The molecule has 1 heterocycles. The van der Waals surface area contributed by atoms with E-state index in [1.165, 1.54) is 0 Å². The fourth-order valence-electron chi connectivity index (χ4n) is 2.78. The van der Waals surface area contributed by atoms with Crippen LogP contribution < -0.4 is 15.4 Å². The predicted molar refractivity (Wildman–Crippen MR) is 87.0 cm³/mol. The van der Waals surface area contributed by atoms with Gasteiger partial charge in [-0.2, -0.15) is 0 Å². The Labute approximate surface area is 132 Å². The Morgan fingerprint density at radius 1 is 1.36 bits per heavy atom. The van der Waals surface area contributed by atoms with Crippen LogP contribution in [0.25, 0.3) is 0 Å². The third kappa shape index (κ3) is 3.25. The van der Waals surface area contributed by atoms with Gasteiger partial charge in [-0.1, -0.05) is 19.9 Å².